The maximum absolute atomic E-state index is 12.2. The van der Waals surface area contributed by atoms with Gasteiger partial charge >= 0.3 is 0 Å². The van der Waals surface area contributed by atoms with E-state index < -0.39 is 0 Å². The molecule has 0 aromatic heterocycles. The lowest BCUT2D eigenvalue weighted by Crippen LogP contribution is -2.30. The third kappa shape index (κ3) is 5.96. The number of rotatable bonds is 6. The second-order valence-electron chi connectivity index (χ2n) is 6.34. The van der Waals surface area contributed by atoms with Gasteiger partial charge in [-0.3, -0.25) is 9.59 Å². The van der Waals surface area contributed by atoms with Crippen LogP contribution in [0.5, 0.6) is 0 Å². The predicted octanol–water partition coefficient (Wildman–Crippen LogP) is 4.24. The first-order chi connectivity index (χ1) is 13.0. The first-order valence-corrected chi connectivity index (χ1v) is 11.9. The summed E-state index contributed by atoms with van der Waals surface area (Å²) >= 11 is 1.79. The molecule has 3 rings (SSSR count). The third-order valence-corrected chi connectivity index (χ3v) is 9.58. The standard InChI is InChI=1S/C20H22N2O2S3/c1-13-3-7-15(8-4-13)19(23)21-11-17-25-18(27-26-17)12-22-20(24)16-9-5-14(2)6-10-16/h3-10,17-18H,11-12H2,1-2H3,(H,21,23)(H,22,24)/t17-,18-/m0/s1. The normalized spacial score (nSPS) is 18.9. The molecule has 2 aromatic rings. The molecule has 0 radical (unpaired) electrons. The first kappa shape index (κ1) is 20.2. The Morgan fingerprint density at radius 3 is 1.48 bits per heavy atom. The number of thioether (sulfide) groups is 1. The van der Waals surface area contributed by atoms with Crippen LogP contribution >= 0.6 is 33.3 Å². The highest BCUT2D eigenvalue weighted by Gasteiger charge is 2.27. The number of amides is 2. The maximum atomic E-state index is 12.2. The summed E-state index contributed by atoms with van der Waals surface area (Å²) in [4.78, 5) is 24.4. The van der Waals surface area contributed by atoms with Crippen LogP contribution in [0.25, 0.3) is 0 Å². The van der Waals surface area contributed by atoms with Gasteiger partial charge in [0.05, 0.1) is 9.16 Å². The predicted molar refractivity (Wildman–Crippen MR) is 117 cm³/mol. The summed E-state index contributed by atoms with van der Waals surface area (Å²) in [6, 6.07) is 15.1. The third-order valence-electron chi connectivity index (χ3n) is 4.06. The molecule has 0 aliphatic carbocycles. The van der Waals surface area contributed by atoms with Crippen LogP contribution < -0.4 is 10.6 Å². The molecule has 0 bridgehead atoms. The largest absolute Gasteiger partial charge is 0.350 e. The summed E-state index contributed by atoms with van der Waals surface area (Å²) in [6.07, 6.45) is 0. The molecule has 7 heteroatoms. The summed E-state index contributed by atoms with van der Waals surface area (Å²) in [6.45, 7) is 5.22. The van der Waals surface area contributed by atoms with Crippen LogP contribution in [0.2, 0.25) is 0 Å². The maximum Gasteiger partial charge on any atom is 0.251 e. The second-order valence-corrected chi connectivity index (χ2v) is 11.0. The van der Waals surface area contributed by atoms with Crippen LogP contribution in [0.1, 0.15) is 31.8 Å². The number of aryl methyl sites for hydroxylation is 2. The molecule has 1 aliphatic rings. The Bertz CT molecular complexity index is 726. The van der Waals surface area contributed by atoms with Crippen LogP contribution in [0.15, 0.2) is 48.5 Å². The van der Waals surface area contributed by atoms with Gasteiger partial charge < -0.3 is 10.6 Å². The molecule has 4 nitrogen and oxygen atoms in total. The molecule has 2 N–H and O–H groups in total. The quantitative estimate of drug-likeness (QED) is 0.687. The van der Waals surface area contributed by atoms with Gasteiger partial charge in [-0.05, 0) is 38.1 Å². The smallest absolute Gasteiger partial charge is 0.251 e. The second kappa shape index (κ2) is 9.57. The molecule has 0 unspecified atom stereocenters. The molecule has 1 heterocycles. The van der Waals surface area contributed by atoms with Crippen molar-refractivity contribution >= 4 is 45.2 Å². The molecule has 142 valence electrons. The van der Waals surface area contributed by atoms with Gasteiger partial charge in [-0.2, -0.15) is 0 Å². The van der Waals surface area contributed by atoms with E-state index in [-0.39, 0.29) is 21.0 Å². The Balaban J connectivity index is 1.39. The Morgan fingerprint density at radius 2 is 1.11 bits per heavy atom. The van der Waals surface area contributed by atoms with E-state index in [2.05, 4.69) is 10.6 Å². The Hall–Kier alpha value is -1.57. The highest BCUT2D eigenvalue weighted by atomic mass is 33.1. The van der Waals surface area contributed by atoms with Crippen molar-refractivity contribution in [2.75, 3.05) is 13.1 Å². The fraction of sp³-hybridized carbons (Fsp3) is 0.300. The fourth-order valence-electron chi connectivity index (χ4n) is 2.47. The number of benzene rings is 2. The number of nitrogens with one attached hydrogen (secondary N) is 2. The zero-order chi connectivity index (χ0) is 19.2. The lowest BCUT2D eigenvalue weighted by Gasteiger charge is -2.12. The fourth-order valence-corrected chi connectivity index (χ4v) is 7.88. The highest BCUT2D eigenvalue weighted by molar-refractivity contribution is 8.82. The molecule has 2 aromatic carbocycles. The lowest BCUT2D eigenvalue weighted by molar-refractivity contribution is 0.0948. The zero-order valence-corrected chi connectivity index (χ0v) is 17.7. The topological polar surface area (TPSA) is 58.2 Å². The molecule has 0 saturated carbocycles. The number of carbonyl (C=O) groups is 2. The first-order valence-electron chi connectivity index (χ1n) is 8.68. The van der Waals surface area contributed by atoms with Crippen LogP contribution in [-0.4, -0.2) is 34.1 Å². The van der Waals surface area contributed by atoms with E-state index in [1.807, 2.05) is 62.4 Å². The summed E-state index contributed by atoms with van der Waals surface area (Å²) < 4.78 is 0.566. The minimum Gasteiger partial charge on any atom is -0.350 e. The SMILES string of the molecule is Cc1ccc(C(=O)NC[C@@H]2SS[C@@H](CNC(=O)c3ccc(C)cc3)S2)cc1. The average Bonchev–Trinajstić information content (AvgIpc) is 3.13. The van der Waals surface area contributed by atoms with E-state index in [1.165, 1.54) is 0 Å². The molecule has 2 atom stereocenters. The minimum absolute atomic E-state index is 0.0441. The zero-order valence-electron chi connectivity index (χ0n) is 15.2. The summed E-state index contributed by atoms with van der Waals surface area (Å²) in [5.74, 6) is -0.0883. The van der Waals surface area contributed by atoms with Crippen molar-refractivity contribution in [1.82, 2.24) is 10.6 Å². The average molecular weight is 419 g/mol. The van der Waals surface area contributed by atoms with E-state index in [1.54, 1.807) is 33.3 Å². The van der Waals surface area contributed by atoms with Crippen molar-refractivity contribution in [2.24, 2.45) is 0 Å². The molecule has 0 spiro atoms. The monoisotopic (exact) mass is 418 g/mol. The van der Waals surface area contributed by atoms with Gasteiger partial charge in [-0.25, -0.2) is 0 Å². The van der Waals surface area contributed by atoms with Crippen molar-refractivity contribution in [3.63, 3.8) is 0 Å². The van der Waals surface area contributed by atoms with E-state index in [4.69, 9.17) is 0 Å². The number of hydrogen-bond donors (Lipinski definition) is 2. The van der Waals surface area contributed by atoms with Gasteiger partial charge in [0.1, 0.15) is 0 Å². The molecule has 2 amide bonds. The van der Waals surface area contributed by atoms with Crippen molar-refractivity contribution in [1.29, 1.82) is 0 Å². The van der Waals surface area contributed by atoms with Crippen molar-refractivity contribution < 1.29 is 9.59 Å². The summed E-state index contributed by atoms with van der Waals surface area (Å²) in [7, 11) is 3.51. The summed E-state index contributed by atoms with van der Waals surface area (Å²) in [5, 5.41) is 5.99. The van der Waals surface area contributed by atoms with Crippen LogP contribution in [0, 0.1) is 13.8 Å². The Labute approximate surface area is 172 Å². The van der Waals surface area contributed by atoms with Crippen molar-refractivity contribution in [3.8, 4) is 0 Å². The van der Waals surface area contributed by atoms with Crippen LogP contribution in [-0.2, 0) is 0 Å². The van der Waals surface area contributed by atoms with Gasteiger partial charge in [0.15, 0.2) is 0 Å². The lowest BCUT2D eigenvalue weighted by atomic mass is 10.1. The minimum atomic E-state index is -0.0441. The molecule has 1 fully saturated rings. The molecular formula is C20H22N2O2S3. The number of carbonyl (C=O) groups excluding carboxylic acids is 2. The van der Waals surface area contributed by atoms with Gasteiger partial charge in [0.2, 0.25) is 0 Å². The van der Waals surface area contributed by atoms with E-state index in [0.717, 1.165) is 11.1 Å². The molecular weight excluding hydrogens is 396 g/mol. The van der Waals surface area contributed by atoms with Crippen molar-refractivity contribution in [2.45, 2.75) is 23.0 Å². The van der Waals surface area contributed by atoms with Gasteiger partial charge in [0.25, 0.3) is 11.8 Å². The van der Waals surface area contributed by atoms with Gasteiger partial charge in [-0.15, -0.1) is 11.8 Å². The van der Waals surface area contributed by atoms with Crippen molar-refractivity contribution in [3.05, 3.63) is 70.8 Å². The van der Waals surface area contributed by atoms with Gasteiger partial charge in [-0.1, -0.05) is 57.0 Å². The highest BCUT2D eigenvalue weighted by Crippen LogP contribution is 2.50. The number of hydrogen-bond acceptors (Lipinski definition) is 5. The van der Waals surface area contributed by atoms with E-state index in [0.29, 0.717) is 24.2 Å². The van der Waals surface area contributed by atoms with Crippen LogP contribution in [0.4, 0.5) is 0 Å². The van der Waals surface area contributed by atoms with E-state index >= 15 is 0 Å². The van der Waals surface area contributed by atoms with Crippen LogP contribution in [0.3, 0.4) is 0 Å². The Morgan fingerprint density at radius 1 is 0.741 bits per heavy atom. The molecule has 27 heavy (non-hydrogen) atoms. The Kier molecular flexibility index (Phi) is 7.15. The molecule has 1 saturated heterocycles. The van der Waals surface area contributed by atoms with Gasteiger partial charge in [0, 0.05) is 24.2 Å². The summed E-state index contributed by atoms with van der Waals surface area (Å²) in [5.41, 5.74) is 3.65. The van der Waals surface area contributed by atoms with E-state index in [9.17, 15) is 9.59 Å². The molecule has 1 aliphatic heterocycles.